The monoisotopic (exact) mass is 261 g/mol. The molecular weight excluding hydrogens is 246 g/mol. The molecule has 3 amide bonds. The fourth-order valence-corrected chi connectivity index (χ4v) is 2.82. The highest BCUT2D eigenvalue weighted by molar-refractivity contribution is 5.88. The number of carbonyl (C=O) groups excluding carboxylic acids is 2. The summed E-state index contributed by atoms with van der Waals surface area (Å²) in [6.07, 6.45) is 0.701. The van der Waals surface area contributed by atoms with Gasteiger partial charge in [0.25, 0.3) is 0 Å². The number of benzene rings is 1. The summed E-state index contributed by atoms with van der Waals surface area (Å²) < 4.78 is 5.54. The zero-order chi connectivity index (χ0) is 13.5. The number of nitrogens with one attached hydrogen (secondary N) is 1. The van der Waals surface area contributed by atoms with E-state index in [0.717, 1.165) is 11.3 Å². The number of primary amides is 1. The van der Waals surface area contributed by atoms with Gasteiger partial charge in [0.05, 0.1) is 5.69 Å². The van der Waals surface area contributed by atoms with Crippen molar-refractivity contribution >= 4 is 17.8 Å². The van der Waals surface area contributed by atoms with Gasteiger partial charge in [0.15, 0.2) is 0 Å². The average molecular weight is 261 g/mol. The molecule has 0 bridgehead atoms. The Labute approximate surface area is 110 Å². The highest BCUT2D eigenvalue weighted by Gasteiger charge is 2.44. The van der Waals surface area contributed by atoms with Crippen LogP contribution in [0.5, 0.6) is 0 Å². The smallest absolute Gasteiger partial charge is 0.412 e. The van der Waals surface area contributed by atoms with Crippen LogP contribution in [0.1, 0.15) is 18.4 Å². The van der Waals surface area contributed by atoms with Crippen molar-refractivity contribution in [1.29, 1.82) is 0 Å². The van der Waals surface area contributed by atoms with Gasteiger partial charge in [-0.3, -0.25) is 5.32 Å². The van der Waals surface area contributed by atoms with Crippen LogP contribution in [0.4, 0.5) is 15.3 Å². The van der Waals surface area contributed by atoms with E-state index in [-0.39, 0.29) is 0 Å². The molecule has 19 heavy (non-hydrogen) atoms. The lowest BCUT2D eigenvalue weighted by molar-refractivity contribution is -0.0297. The summed E-state index contributed by atoms with van der Waals surface area (Å²) in [6.45, 7) is 0.994. The predicted molar refractivity (Wildman–Crippen MR) is 68.6 cm³/mol. The Bertz CT molecular complexity index is 536. The summed E-state index contributed by atoms with van der Waals surface area (Å²) in [5.74, 6) is 0. The number of nitrogens with zero attached hydrogens (tertiary/aromatic N) is 1. The summed E-state index contributed by atoms with van der Waals surface area (Å²) in [5.41, 5.74) is 6.39. The topological polar surface area (TPSA) is 84.7 Å². The maximum atomic E-state index is 11.7. The Morgan fingerprint density at radius 1 is 1.32 bits per heavy atom. The second kappa shape index (κ2) is 4.15. The quantitative estimate of drug-likeness (QED) is 0.744. The fraction of sp³-hybridized carbons (Fsp3) is 0.385. The molecule has 1 fully saturated rings. The largest absolute Gasteiger partial charge is 0.438 e. The molecule has 6 nitrogen and oxygen atoms in total. The van der Waals surface area contributed by atoms with Crippen LogP contribution in [-0.4, -0.2) is 30.1 Å². The van der Waals surface area contributed by atoms with Crippen molar-refractivity contribution in [3.05, 3.63) is 29.8 Å². The number of nitrogens with two attached hydrogens (primary N) is 1. The lowest BCUT2D eigenvalue weighted by atomic mass is 9.82. The summed E-state index contributed by atoms with van der Waals surface area (Å²) >= 11 is 0. The van der Waals surface area contributed by atoms with Gasteiger partial charge in [-0.1, -0.05) is 18.2 Å². The molecule has 3 rings (SSSR count). The van der Waals surface area contributed by atoms with Crippen LogP contribution in [0.25, 0.3) is 0 Å². The van der Waals surface area contributed by atoms with Crippen LogP contribution in [0.15, 0.2) is 24.3 Å². The van der Waals surface area contributed by atoms with Crippen LogP contribution < -0.4 is 11.1 Å². The molecule has 0 saturated carbocycles. The SMILES string of the molecule is NC(=O)N1CCC2(CC1)OC(=O)Nc1ccccc12. The Balaban J connectivity index is 1.93. The lowest BCUT2D eigenvalue weighted by Gasteiger charge is -2.43. The molecule has 2 aliphatic heterocycles. The van der Waals surface area contributed by atoms with Gasteiger partial charge in [0.2, 0.25) is 0 Å². The maximum Gasteiger partial charge on any atom is 0.412 e. The minimum atomic E-state index is -0.634. The van der Waals surface area contributed by atoms with Crippen LogP contribution in [0, 0.1) is 0 Å². The third-order valence-corrected chi connectivity index (χ3v) is 3.83. The third kappa shape index (κ3) is 1.89. The van der Waals surface area contributed by atoms with Crippen molar-refractivity contribution in [1.82, 2.24) is 4.90 Å². The minimum Gasteiger partial charge on any atom is -0.438 e. The van der Waals surface area contributed by atoms with E-state index in [2.05, 4.69) is 5.32 Å². The average Bonchev–Trinajstić information content (AvgIpc) is 2.39. The first kappa shape index (κ1) is 11.8. The molecule has 2 aliphatic rings. The summed E-state index contributed by atoms with van der Waals surface area (Å²) in [6, 6.07) is 7.17. The summed E-state index contributed by atoms with van der Waals surface area (Å²) in [5, 5.41) is 2.70. The van der Waals surface area contributed by atoms with E-state index in [1.54, 1.807) is 4.90 Å². The fourth-order valence-electron chi connectivity index (χ4n) is 2.82. The number of piperidine rings is 1. The second-order valence-electron chi connectivity index (χ2n) is 4.88. The lowest BCUT2D eigenvalue weighted by Crippen LogP contribution is -2.50. The highest BCUT2D eigenvalue weighted by Crippen LogP contribution is 2.43. The number of ether oxygens (including phenoxy) is 1. The number of fused-ring (bicyclic) bond motifs is 2. The molecule has 1 saturated heterocycles. The number of amides is 3. The number of anilines is 1. The molecule has 3 N–H and O–H groups in total. The van der Waals surface area contributed by atoms with E-state index in [1.165, 1.54) is 0 Å². The molecule has 100 valence electrons. The van der Waals surface area contributed by atoms with Crippen molar-refractivity contribution in [3.8, 4) is 0 Å². The van der Waals surface area contributed by atoms with Crippen molar-refractivity contribution in [2.45, 2.75) is 18.4 Å². The van der Waals surface area contributed by atoms with Crippen molar-refractivity contribution in [3.63, 3.8) is 0 Å². The molecule has 1 aromatic rings. The predicted octanol–water partition coefficient (Wildman–Crippen LogP) is 1.62. The number of hydrogen-bond donors (Lipinski definition) is 2. The second-order valence-corrected chi connectivity index (χ2v) is 4.88. The Morgan fingerprint density at radius 3 is 2.68 bits per heavy atom. The molecule has 0 aliphatic carbocycles. The zero-order valence-electron chi connectivity index (χ0n) is 10.4. The van der Waals surface area contributed by atoms with Crippen LogP contribution in [0.3, 0.4) is 0 Å². The van der Waals surface area contributed by atoms with Gasteiger partial charge < -0.3 is 15.4 Å². The van der Waals surface area contributed by atoms with Gasteiger partial charge in [-0.05, 0) is 6.07 Å². The first-order valence-corrected chi connectivity index (χ1v) is 6.25. The molecule has 2 heterocycles. The Hall–Kier alpha value is -2.24. The molecule has 0 atom stereocenters. The summed E-state index contributed by atoms with van der Waals surface area (Å²) in [4.78, 5) is 24.4. The van der Waals surface area contributed by atoms with Crippen molar-refractivity contribution in [2.75, 3.05) is 18.4 Å². The minimum absolute atomic E-state index is 0.427. The van der Waals surface area contributed by atoms with Gasteiger partial charge in [-0.2, -0.15) is 0 Å². The van der Waals surface area contributed by atoms with E-state index < -0.39 is 17.7 Å². The number of carbonyl (C=O) groups is 2. The molecule has 1 aromatic carbocycles. The number of urea groups is 1. The molecule has 1 spiro atoms. The van der Waals surface area contributed by atoms with Crippen LogP contribution in [0.2, 0.25) is 0 Å². The van der Waals surface area contributed by atoms with Gasteiger partial charge >= 0.3 is 12.1 Å². The standard InChI is InChI=1S/C13H15N3O3/c14-11(17)16-7-5-13(6-8-16)9-3-1-2-4-10(9)15-12(18)19-13/h1-4H,5-8H2,(H2,14,17)(H,15,18). The maximum absolute atomic E-state index is 11.7. The Morgan fingerprint density at radius 2 is 2.00 bits per heavy atom. The van der Waals surface area contributed by atoms with E-state index in [4.69, 9.17) is 10.5 Å². The van der Waals surface area contributed by atoms with E-state index >= 15 is 0 Å². The number of rotatable bonds is 0. The Kier molecular flexibility index (Phi) is 2.58. The zero-order valence-corrected chi connectivity index (χ0v) is 10.4. The highest BCUT2D eigenvalue weighted by atomic mass is 16.6. The van der Waals surface area contributed by atoms with Gasteiger partial charge in [-0.25, -0.2) is 9.59 Å². The first-order valence-electron chi connectivity index (χ1n) is 6.25. The number of hydrogen-bond acceptors (Lipinski definition) is 3. The molecular formula is C13H15N3O3. The first-order chi connectivity index (χ1) is 9.11. The van der Waals surface area contributed by atoms with Crippen LogP contribution >= 0.6 is 0 Å². The van der Waals surface area contributed by atoms with Crippen LogP contribution in [-0.2, 0) is 10.3 Å². The molecule has 0 aromatic heterocycles. The van der Waals surface area contributed by atoms with E-state index in [9.17, 15) is 9.59 Å². The molecule has 6 heteroatoms. The third-order valence-electron chi connectivity index (χ3n) is 3.83. The number of likely N-dealkylation sites (tertiary alicyclic amines) is 1. The molecule has 0 unspecified atom stereocenters. The van der Waals surface area contributed by atoms with Gasteiger partial charge in [0.1, 0.15) is 5.60 Å². The normalized spacial score (nSPS) is 20.4. The van der Waals surface area contributed by atoms with Crippen molar-refractivity contribution in [2.24, 2.45) is 5.73 Å². The van der Waals surface area contributed by atoms with Crippen molar-refractivity contribution < 1.29 is 14.3 Å². The van der Waals surface area contributed by atoms with E-state index in [0.29, 0.717) is 25.9 Å². The van der Waals surface area contributed by atoms with E-state index in [1.807, 2.05) is 24.3 Å². The molecule has 0 radical (unpaired) electrons. The van der Waals surface area contributed by atoms with Gasteiger partial charge in [0, 0.05) is 31.5 Å². The van der Waals surface area contributed by atoms with Gasteiger partial charge in [-0.15, -0.1) is 0 Å². The summed E-state index contributed by atoms with van der Waals surface area (Å²) in [7, 11) is 0. The number of para-hydroxylation sites is 1.